The van der Waals surface area contributed by atoms with E-state index >= 15 is 0 Å². The number of likely N-dealkylation sites (N-methyl/N-ethyl adjacent to an activating group) is 1. The Labute approximate surface area is 218 Å². The van der Waals surface area contributed by atoms with Gasteiger partial charge in [-0.2, -0.15) is 0 Å². The summed E-state index contributed by atoms with van der Waals surface area (Å²) < 4.78 is 3.31. The van der Waals surface area contributed by atoms with Crippen LogP contribution in [0.3, 0.4) is 0 Å². The Balaban J connectivity index is 1.84. The van der Waals surface area contributed by atoms with Crippen LogP contribution in [0.15, 0.2) is 75.3 Å². The Bertz CT molecular complexity index is 1350. The number of rotatable bonds is 9. The summed E-state index contributed by atoms with van der Waals surface area (Å²) >= 11 is 4.86. The second-order valence-corrected chi connectivity index (χ2v) is 10.5. The maximum atomic E-state index is 13.8. The quantitative estimate of drug-likeness (QED) is 0.278. The summed E-state index contributed by atoms with van der Waals surface area (Å²) in [6.45, 7) is 3.66. The topological polar surface area (TPSA) is 58.4 Å². The van der Waals surface area contributed by atoms with Crippen LogP contribution in [0.4, 0.5) is 0 Å². The van der Waals surface area contributed by atoms with Gasteiger partial charge >= 0.3 is 0 Å². The van der Waals surface area contributed by atoms with E-state index in [0.29, 0.717) is 47.7 Å². The number of benzene rings is 2. The van der Waals surface area contributed by atoms with Gasteiger partial charge < -0.3 is 9.80 Å². The van der Waals surface area contributed by atoms with Crippen LogP contribution >= 0.6 is 27.3 Å². The number of carbonyl (C=O) groups is 1. The highest BCUT2D eigenvalue weighted by Crippen LogP contribution is 2.27. The van der Waals surface area contributed by atoms with E-state index in [2.05, 4.69) is 20.8 Å². The summed E-state index contributed by atoms with van der Waals surface area (Å²) in [6.07, 6.45) is 0.632. The van der Waals surface area contributed by atoms with Crippen molar-refractivity contribution in [3.05, 3.63) is 97.8 Å². The SMILES string of the molecule is CCC(c1nc2ccsc2c(=O)n1Cc1ccccc1)N(CCN(C)C)C(=O)c1ccc(Br)cc1. The van der Waals surface area contributed by atoms with Gasteiger partial charge in [0.05, 0.1) is 18.1 Å². The first kappa shape index (κ1) is 25.3. The van der Waals surface area contributed by atoms with Gasteiger partial charge in [0.2, 0.25) is 0 Å². The van der Waals surface area contributed by atoms with Crippen LogP contribution in [0.1, 0.15) is 41.1 Å². The van der Waals surface area contributed by atoms with Crippen LogP contribution < -0.4 is 5.56 Å². The molecule has 1 atom stereocenters. The lowest BCUT2D eigenvalue weighted by atomic mass is 10.1. The van der Waals surface area contributed by atoms with Crippen LogP contribution in [-0.2, 0) is 6.54 Å². The van der Waals surface area contributed by atoms with Gasteiger partial charge in [0.15, 0.2) is 0 Å². The van der Waals surface area contributed by atoms with E-state index in [0.717, 1.165) is 10.0 Å². The Morgan fingerprint density at radius 3 is 2.43 bits per heavy atom. The number of halogens is 1. The molecule has 1 amide bonds. The third-order valence-corrected chi connectivity index (χ3v) is 7.40. The van der Waals surface area contributed by atoms with E-state index in [9.17, 15) is 9.59 Å². The Morgan fingerprint density at radius 1 is 1.06 bits per heavy atom. The zero-order chi connectivity index (χ0) is 24.9. The molecule has 35 heavy (non-hydrogen) atoms. The van der Waals surface area contributed by atoms with Gasteiger partial charge in [0.1, 0.15) is 10.5 Å². The molecule has 0 spiro atoms. The molecule has 6 nitrogen and oxygen atoms in total. The van der Waals surface area contributed by atoms with E-state index in [1.54, 1.807) is 4.57 Å². The number of thiophene rings is 1. The van der Waals surface area contributed by atoms with Crippen LogP contribution in [0.2, 0.25) is 0 Å². The summed E-state index contributed by atoms with van der Waals surface area (Å²) in [5.41, 5.74) is 2.24. The van der Waals surface area contributed by atoms with Gasteiger partial charge in [-0.1, -0.05) is 53.2 Å². The lowest BCUT2D eigenvalue weighted by molar-refractivity contribution is 0.0642. The molecule has 0 saturated carbocycles. The van der Waals surface area contributed by atoms with Crippen LogP contribution in [0.5, 0.6) is 0 Å². The molecule has 182 valence electrons. The molecule has 2 aromatic heterocycles. The van der Waals surface area contributed by atoms with Crippen molar-refractivity contribution < 1.29 is 4.79 Å². The lowest BCUT2D eigenvalue weighted by Crippen LogP contribution is -2.42. The number of hydrogen-bond donors (Lipinski definition) is 0. The molecule has 4 rings (SSSR count). The lowest BCUT2D eigenvalue weighted by Gasteiger charge is -2.33. The molecule has 0 aliphatic carbocycles. The molecule has 0 aliphatic heterocycles. The third-order valence-electron chi connectivity index (χ3n) is 5.98. The largest absolute Gasteiger partial charge is 0.327 e. The zero-order valence-electron chi connectivity index (χ0n) is 20.1. The second kappa shape index (κ2) is 11.3. The summed E-state index contributed by atoms with van der Waals surface area (Å²) in [6, 6.07) is 18.8. The van der Waals surface area contributed by atoms with Crippen molar-refractivity contribution in [1.82, 2.24) is 19.4 Å². The number of hydrogen-bond acceptors (Lipinski definition) is 5. The molecule has 1 unspecified atom stereocenters. The van der Waals surface area contributed by atoms with Crippen molar-refractivity contribution in [1.29, 1.82) is 0 Å². The Kier molecular flexibility index (Phi) is 8.15. The maximum absolute atomic E-state index is 13.8. The molecule has 0 bridgehead atoms. The fourth-order valence-electron chi connectivity index (χ4n) is 4.14. The first-order valence-corrected chi connectivity index (χ1v) is 13.3. The molecule has 0 N–H and O–H groups in total. The van der Waals surface area contributed by atoms with Gasteiger partial charge in [-0.3, -0.25) is 14.2 Å². The van der Waals surface area contributed by atoms with Gasteiger partial charge in [0, 0.05) is 23.1 Å². The first-order chi connectivity index (χ1) is 16.9. The van der Waals surface area contributed by atoms with Crippen molar-refractivity contribution in [2.75, 3.05) is 27.2 Å². The fraction of sp³-hybridized carbons (Fsp3) is 0.296. The van der Waals surface area contributed by atoms with Crippen molar-refractivity contribution in [3.8, 4) is 0 Å². The molecule has 0 radical (unpaired) electrons. The second-order valence-electron chi connectivity index (χ2n) is 8.71. The predicted molar refractivity (Wildman–Crippen MR) is 146 cm³/mol. The van der Waals surface area contributed by atoms with Gasteiger partial charge in [-0.05, 0) is 61.8 Å². The van der Waals surface area contributed by atoms with Crippen LogP contribution in [-0.4, -0.2) is 52.4 Å². The third kappa shape index (κ3) is 5.72. The molecule has 0 aliphatic rings. The summed E-state index contributed by atoms with van der Waals surface area (Å²) in [5.74, 6) is 0.550. The molecular weight excluding hydrogens is 524 g/mol. The number of amides is 1. The van der Waals surface area contributed by atoms with Crippen molar-refractivity contribution in [3.63, 3.8) is 0 Å². The minimum absolute atomic E-state index is 0.0639. The van der Waals surface area contributed by atoms with Crippen LogP contribution in [0.25, 0.3) is 10.2 Å². The first-order valence-electron chi connectivity index (χ1n) is 11.6. The highest BCUT2D eigenvalue weighted by atomic mass is 79.9. The molecule has 2 aromatic carbocycles. The molecule has 2 heterocycles. The number of nitrogens with zero attached hydrogens (tertiary/aromatic N) is 4. The maximum Gasteiger partial charge on any atom is 0.271 e. The van der Waals surface area contributed by atoms with Crippen molar-refractivity contribution >= 4 is 43.4 Å². The highest BCUT2D eigenvalue weighted by molar-refractivity contribution is 9.10. The molecule has 0 fully saturated rings. The minimum Gasteiger partial charge on any atom is -0.327 e. The minimum atomic E-state index is -0.355. The normalized spacial score (nSPS) is 12.3. The average molecular weight is 554 g/mol. The summed E-state index contributed by atoms with van der Waals surface area (Å²) in [4.78, 5) is 36.3. The van der Waals surface area contributed by atoms with E-state index < -0.39 is 0 Å². The standard InChI is InChI=1S/C27H29BrN4O2S/c1-4-23(31(16-15-30(2)3)26(33)20-10-12-21(28)13-11-20)25-29-22-14-17-35-24(22)27(34)32(25)18-19-8-6-5-7-9-19/h5-14,17,23H,4,15-16,18H2,1-3H3. The molecule has 4 aromatic rings. The van der Waals surface area contributed by atoms with E-state index in [-0.39, 0.29) is 17.5 Å². The molecule has 0 saturated heterocycles. The van der Waals surface area contributed by atoms with Gasteiger partial charge in [-0.15, -0.1) is 11.3 Å². The van der Waals surface area contributed by atoms with E-state index in [4.69, 9.17) is 4.98 Å². The van der Waals surface area contributed by atoms with E-state index in [1.165, 1.54) is 11.3 Å². The fourth-order valence-corrected chi connectivity index (χ4v) is 5.18. The number of carbonyl (C=O) groups excluding carboxylic acids is 1. The highest BCUT2D eigenvalue weighted by Gasteiger charge is 2.29. The summed E-state index contributed by atoms with van der Waals surface area (Å²) in [7, 11) is 3.98. The summed E-state index contributed by atoms with van der Waals surface area (Å²) in [5, 5.41) is 1.90. The number of aromatic nitrogens is 2. The monoisotopic (exact) mass is 552 g/mol. The van der Waals surface area contributed by atoms with Crippen LogP contribution in [0, 0.1) is 0 Å². The van der Waals surface area contributed by atoms with Crippen molar-refractivity contribution in [2.24, 2.45) is 0 Å². The predicted octanol–water partition coefficient (Wildman–Crippen LogP) is 5.42. The Hall–Kier alpha value is -2.81. The average Bonchev–Trinajstić information content (AvgIpc) is 3.33. The van der Waals surface area contributed by atoms with Gasteiger partial charge in [0.25, 0.3) is 11.5 Å². The smallest absolute Gasteiger partial charge is 0.271 e. The Morgan fingerprint density at radius 2 is 1.77 bits per heavy atom. The molecular formula is C27H29BrN4O2S. The zero-order valence-corrected chi connectivity index (χ0v) is 22.6. The molecule has 8 heteroatoms. The van der Waals surface area contributed by atoms with E-state index in [1.807, 2.05) is 92.0 Å². The number of fused-ring (bicyclic) bond motifs is 1. The van der Waals surface area contributed by atoms with Crippen molar-refractivity contribution in [2.45, 2.75) is 25.9 Å². The van der Waals surface area contributed by atoms with Gasteiger partial charge in [-0.25, -0.2) is 4.98 Å².